The van der Waals surface area contributed by atoms with Crippen molar-refractivity contribution < 1.29 is 4.79 Å². The lowest BCUT2D eigenvalue weighted by Gasteiger charge is -2.08. The Morgan fingerprint density at radius 1 is 1.35 bits per heavy atom. The maximum atomic E-state index is 11.6. The van der Waals surface area contributed by atoms with Crippen molar-refractivity contribution in [2.24, 2.45) is 13.0 Å². The Morgan fingerprint density at radius 3 is 2.80 bits per heavy atom. The number of carbonyl (C=O) groups excluding carboxylic acids is 1. The van der Waals surface area contributed by atoms with Gasteiger partial charge in [-0.3, -0.25) is 4.79 Å². The molecule has 0 bridgehead atoms. The van der Waals surface area contributed by atoms with E-state index >= 15 is 0 Å². The Balaban J connectivity index is 1.87. The molecular weight excluding hydrogens is 252 g/mol. The molecular formula is C15H22N4O. The molecule has 0 radical (unpaired) electrons. The van der Waals surface area contributed by atoms with Gasteiger partial charge in [-0.25, -0.2) is 4.98 Å². The Kier molecular flexibility index (Phi) is 4.74. The Bertz CT molecular complexity index is 589. The summed E-state index contributed by atoms with van der Waals surface area (Å²) in [4.78, 5) is 16.1. The molecule has 0 atom stereocenters. The van der Waals surface area contributed by atoms with Crippen LogP contribution in [0.2, 0.25) is 0 Å². The number of carbonyl (C=O) groups is 1. The van der Waals surface area contributed by atoms with Gasteiger partial charge < -0.3 is 15.2 Å². The van der Waals surface area contributed by atoms with Crippen molar-refractivity contribution in [2.75, 3.05) is 13.1 Å². The predicted octanol–water partition coefficient (Wildman–Crippen LogP) is 1.44. The maximum Gasteiger partial charge on any atom is 0.233 e. The number of para-hydroxylation sites is 2. The molecule has 0 aliphatic carbocycles. The van der Waals surface area contributed by atoms with Gasteiger partial charge in [0.15, 0.2) is 0 Å². The minimum Gasteiger partial charge on any atom is -0.355 e. The highest BCUT2D eigenvalue weighted by molar-refractivity contribution is 5.78. The minimum absolute atomic E-state index is 0.0254. The predicted molar refractivity (Wildman–Crippen MR) is 80.3 cm³/mol. The number of hydrogen-bond donors (Lipinski definition) is 2. The van der Waals surface area contributed by atoms with Crippen LogP contribution in [0.15, 0.2) is 24.3 Å². The standard InChI is InChI=1S/C15H22N4O/c1-11(2)8-17-15(20)10-16-9-14-18-12-6-4-5-7-13(12)19(14)3/h4-7,11,16H,8-10H2,1-3H3,(H,17,20). The van der Waals surface area contributed by atoms with Crippen LogP contribution < -0.4 is 10.6 Å². The van der Waals surface area contributed by atoms with Crippen molar-refractivity contribution in [1.29, 1.82) is 0 Å². The fourth-order valence-electron chi connectivity index (χ4n) is 2.02. The summed E-state index contributed by atoms with van der Waals surface area (Å²) in [5.41, 5.74) is 2.09. The number of aromatic nitrogens is 2. The molecule has 5 nitrogen and oxygen atoms in total. The molecule has 20 heavy (non-hydrogen) atoms. The van der Waals surface area contributed by atoms with E-state index in [0.29, 0.717) is 25.6 Å². The average Bonchev–Trinajstić information content (AvgIpc) is 2.74. The van der Waals surface area contributed by atoms with E-state index in [-0.39, 0.29) is 5.91 Å². The van der Waals surface area contributed by atoms with Crippen LogP contribution in [0, 0.1) is 5.92 Å². The zero-order valence-electron chi connectivity index (χ0n) is 12.3. The molecule has 2 aromatic rings. The summed E-state index contributed by atoms with van der Waals surface area (Å²) in [6.45, 7) is 5.77. The summed E-state index contributed by atoms with van der Waals surface area (Å²) < 4.78 is 2.05. The van der Waals surface area contributed by atoms with Gasteiger partial charge in [-0.2, -0.15) is 0 Å². The molecule has 2 N–H and O–H groups in total. The summed E-state index contributed by atoms with van der Waals surface area (Å²) in [5, 5.41) is 6.01. The first kappa shape index (κ1) is 14.5. The van der Waals surface area contributed by atoms with E-state index in [1.165, 1.54) is 0 Å². The van der Waals surface area contributed by atoms with Crippen LogP contribution in [0.25, 0.3) is 11.0 Å². The number of benzene rings is 1. The van der Waals surface area contributed by atoms with Crippen LogP contribution in [0.3, 0.4) is 0 Å². The van der Waals surface area contributed by atoms with E-state index in [4.69, 9.17) is 0 Å². The van der Waals surface area contributed by atoms with Crippen molar-refractivity contribution in [1.82, 2.24) is 20.2 Å². The van der Waals surface area contributed by atoms with Crippen LogP contribution in [0.4, 0.5) is 0 Å². The lowest BCUT2D eigenvalue weighted by Crippen LogP contribution is -2.35. The van der Waals surface area contributed by atoms with Crippen LogP contribution in [-0.2, 0) is 18.4 Å². The number of nitrogens with zero attached hydrogens (tertiary/aromatic N) is 2. The van der Waals surface area contributed by atoms with Gasteiger partial charge in [0.25, 0.3) is 0 Å². The normalized spacial score (nSPS) is 11.2. The summed E-state index contributed by atoms with van der Waals surface area (Å²) in [6.07, 6.45) is 0. The first-order valence-electron chi connectivity index (χ1n) is 6.95. The molecule has 5 heteroatoms. The number of imidazole rings is 1. The van der Waals surface area contributed by atoms with E-state index in [2.05, 4.69) is 29.5 Å². The molecule has 0 aliphatic heterocycles. The van der Waals surface area contributed by atoms with Gasteiger partial charge >= 0.3 is 0 Å². The monoisotopic (exact) mass is 274 g/mol. The molecule has 0 unspecified atom stereocenters. The van der Waals surface area contributed by atoms with Gasteiger partial charge in [-0.15, -0.1) is 0 Å². The van der Waals surface area contributed by atoms with E-state index < -0.39 is 0 Å². The fourth-order valence-corrected chi connectivity index (χ4v) is 2.02. The minimum atomic E-state index is 0.0254. The Morgan fingerprint density at radius 2 is 2.10 bits per heavy atom. The molecule has 1 amide bonds. The largest absolute Gasteiger partial charge is 0.355 e. The van der Waals surface area contributed by atoms with Crippen LogP contribution in [-0.4, -0.2) is 28.5 Å². The molecule has 0 saturated heterocycles. The number of aryl methyl sites for hydroxylation is 1. The molecule has 0 saturated carbocycles. The van der Waals surface area contributed by atoms with Gasteiger partial charge in [0.1, 0.15) is 5.82 Å². The Labute approximate surface area is 119 Å². The quantitative estimate of drug-likeness (QED) is 0.838. The second-order valence-corrected chi connectivity index (χ2v) is 5.38. The zero-order valence-corrected chi connectivity index (χ0v) is 12.3. The van der Waals surface area contributed by atoms with Crippen LogP contribution in [0.5, 0.6) is 0 Å². The van der Waals surface area contributed by atoms with Crippen LogP contribution >= 0.6 is 0 Å². The third kappa shape index (κ3) is 3.57. The number of amides is 1. The maximum absolute atomic E-state index is 11.6. The van der Waals surface area contributed by atoms with Gasteiger partial charge in [-0.1, -0.05) is 26.0 Å². The van der Waals surface area contributed by atoms with E-state index in [0.717, 1.165) is 16.9 Å². The highest BCUT2D eigenvalue weighted by atomic mass is 16.1. The van der Waals surface area contributed by atoms with Crippen molar-refractivity contribution >= 4 is 16.9 Å². The smallest absolute Gasteiger partial charge is 0.233 e. The molecule has 108 valence electrons. The number of hydrogen-bond acceptors (Lipinski definition) is 3. The molecule has 0 spiro atoms. The van der Waals surface area contributed by atoms with Crippen LogP contribution in [0.1, 0.15) is 19.7 Å². The lowest BCUT2D eigenvalue weighted by molar-refractivity contribution is -0.120. The van der Waals surface area contributed by atoms with E-state index in [1.54, 1.807) is 0 Å². The number of fused-ring (bicyclic) bond motifs is 1. The third-order valence-corrected chi connectivity index (χ3v) is 3.16. The van der Waals surface area contributed by atoms with Crippen molar-refractivity contribution in [2.45, 2.75) is 20.4 Å². The molecule has 0 aliphatic rings. The second-order valence-electron chi connectivity index (χ2n) is 5.38. The SMILES string of the molecule is CC(C)CNC(=O)CNCc1nc2ccccc2n1C. The molecule has 0 fully saturated rings. The third-order valence-electron chi connectivity index (χ3n) is 3.16. The summed E-state index contributed by atoms with van der Waals surface area (Å²) >= 11 is 0. The van der Waals surface area contributed by atoms with E-state index in [1.807, 2.05) is 35.9 Å². The summed E-state index contributed by atoms with van der Waals surface area (Å²) in [5.74, 6) is 1.43. The topological polar surface area (TPSA) is 59.0 Å². The summed E-state index contributed by atoms with van der Waals surface area (Å²) in [7, 11) is 1.99. The average molecular weight is 274 g/mol. The van der Waals surface area contributed by atoms with Gasteiger partial charge in [0, 0.05) is 13.6 Å². The van der Waals surface area contributed by atoms with Crippen molar-refractivity contribution in [3.8, 4) is 0 Å². The number of rotatable bonds is 6. The first-order chi connectivity index (χ1) is 9.58. The van der Waals surface area contributed by atoms with Crippen molar-refractivity contribution in [3.05, 3.63) is 30.1 Å². The highest BCUT2D eigenvalue weighted by Gasteiger charge is 2.07. The van der Waals surface area contributed by atoms with Crippen molar-refractivity contribution in [3.63, 3.8) is 0 Å². The second kappa shape index (κ2) is 6.52. The van der Waals surface area contributed by atoms with E-state index in [9.17, 15) is 4.79 Å². The molecule has 2 rings (SSSR count). The van der Waals surface area contributed by atoms with Gasteiger partial charge in [0.05, 0.1) is 24.1 Å². The number of nitrogens with one attached hydrogen (secondary N) is 2. The molecule has 1 heterocycles. The fraction of sp³-hybridized carbons (Fsp3) is 0.467. The zero-order chi connectivity index (χ0) is 14.5. The first-order valence-corrected chi connectivity index (χ1v) is 6.95. The Hall–Kier alpha value is -1.88. The lowest BCUT2D eigenvalue weighted by atomic mass is 10.2. The molecule has 1 aromatic heterocycles. The summed E-state index contributed by atoms with van der Waals surface area (Å²) in [6, 6.07) is 8.02. The van der Waals surface area contributed by atoms with Gasteiger partial charge in [0.2, 0.25) is 5.91 Å². The highest BCUT2D eigenvalue weighted by Crippen LogP contribution is 2.13. The molecule has 1 aromatic carbocycles. The van der Waals surface area contributed by atoms with Gasteiger partial charge in [-0.05, 0) is 18.1 Å².